The highest BCUT2D eigenvalue weighted by atomic mass is 32.2. The van der Waals surface area contributed by atoms with Gasteiger partial charge in [-0.05, 0) is 0 Å². The van der Waals surface area contributed by atoms with Crippen molar-refractivity contribution in [1.29, 1.82) is 0 Å². The van der Waals surface area contributed by atoms with Crippen LogP contribution >= 0.6 is 0 Å². The third-order valence-electron chi connectivity index (χ3n) is 2.26. The minimum Gasteiger partial charge on any atom is -0.506 e. The molecular weight excluding hydrogens is 230 g/mol. The van der Waals surface area contributed by atoms with Crippen molar-refractivity contribution < 1.29 is 18.1 Å². The number of aromatic hydroxyl groups is 1. The minimum atomic E-state index is -4.41. The van der Waals surface area contributed by atoms with Crippen molar-refractivity contribution >= 4 is 26.6 Å². The molecule has 0 aliphatic heterocycles. The third-order valence-corrected chi connectivity index (χ3v) is 3.16. The zero-order valence-corrected chi connectivity index (χ0v) is 8.82. The summed E-state index contributed by atoms with van der Waals surface area (Å²) in [7, 11) is -4.41. The number of phenolic OH excluding ortho intramolecular Hbond substituents is 1. The molecule has 0 spiro atoms. The molecule has 1 radical (unpaired) electrons. The SMILES string of the molecule is [NH]c1c(O)cc(S(=O)(=O)O)c2ccccc12. The monoisotopic (exact) mass is 238 g/mol. The average Bonchev–Trinajstić information content (AvgIpc) is 2.22. The molecule has 83 valence electrons. The van der Waals surface area contributed by atoms with E-state index in [1.54, 1.807) is 12.1 Å². The fourth-order valence-electron chi connectivity index (χ4n) is 1.54. The summed E-state index contributed by atoms with van der Waals surface area (Å²) in [5.41, 5.74) is 7.40. The molecule has 2 aromatic carbocycles. The number of phenols is 1. The molecule has 0 bridgehead atoms. The van der Waals surface area contributed by atoms with E-state index in [1.807, 2.05) is 0 Å². The molecule has 3 N–H and O–H groups in total. The first-order valence-corrected chi connectivity index (χ1v) is 5.79. The molecule has 0 aromatic heterocycles. The van der Waals surface area contributed by atoms with E-state index >= 15 is 0 Å². The molecule has 0 unspecified atom stereocenters. The van der Waals surface area contributed by atoms with Gasteiger partial charge >= 0.3 is 0 Å². The van der Waals surface area contributed by atoms with Gasteiger partial charge in [0.15, 0.2) is 0 Å². The summed E-state index contributed by atoms with van der Waals surface area (Å²) in [5, 5.41) is 9.89. The smallest absolute Gasteiger partial charge is 0.295 e. The van der Waals surface area contributed by atoms with Crippen LogP contribution in [0.4, 0.5) is 5.69 Å². The molecule has 16 heavy (non-hydrogen) atoms. The first-order valence-electron chi connectivity index (χ1n) is 4.35. The molecule has 0 saturated carbocycles. The summed E-state index contributed by atoms with van der Waals surface area (Å²) in [6.07, 6.45) is 0. The van der Waals surface area contributed by atoms with Gasteiger partial charge < -0.3 is 5.11 Å². The zero-order chi connectivity index (χ0) is 11.9. The summed E-state index contributed by atoms with van der Waals surface area (Å²) in [6.45, 7) is 0. The molecule has 5 nitrogen and oxygen atoms in total. The predicted octanol–water partition coefficient (Wildman–Crippen LogP) is 1.71. The molecule has 0 fully saturated rings. The molecule has 0 aliphatic rings. The van der Waals surface area contributed by atoms with Crippen LogP contribution in [0.15, 0.2) is 35.2 Å². The number of hydrogen-bond acceptors (Lipinski definition) is 3. The molecule has 2 aromatic rings. The fraction of sp³-hybridized carbons (Fsp3) is 0. The van der Waals surface area contributed by atoms with E-state index < -0.39 is 20.8 Å². The number of rotatable bonds is 1. The zero-order valence-electron chi connectivity index (χ0n) is 8.01. The maximum Gasteiger partial charge on any atom is 0.295 e. The van der Waals surface area contributed by atoms with Gasteiger partial charge in [0.25, 0.3) is 10.1 Å². The van der Waals surface area contributed by atoms with Crippen LogP contribution < -0.4 is 5.73 Å². The molecule has 0 saturated heterocycles. The third kappa shape index (κ3) is 1.58. The largest absolute Gasteiger partial charge is 0.506 e. The van der Waals surface area contributed by atoms with Gasteiger partial charge in [-0.1, -0.05) is 24.3 Å². The Hall–Kier alpha value is -1.79. The van der Waals surface area contributed by atoms with Gasteiger partial charge in [0.05, 0.1) is 0 Å². The summed E-state index contributed by atoms with van der Waals surface area (Å²) in [6, 6.07) is 7.06. The lowest BCUT2D eigenvalue weighted by atomic mass is 10.1. The van der Waals surface area contributed by atoms with Crippen molar-refractivity contribution in [2.45, 2.75) is 4.90 Å². The van der Waals surface area contributed by atoms with Crippen LogP contribution in [-0.4, -0.2) is 18.1 Å². The van der Waals surface area contributed by atoms with Crippen LogP contribution in [0.3, 0.4) is 0 Å². The van der Waals surface area contributed by atoms with Crippen LogP contribution in [0.5, 0.6) is 5.75 Å². The highest BCUT2D eigenvalue weighted by Gasteiger charge is 2.17. The van der Waals surface area contributed by atoms with Crippen LogP contribution in [-0.2, 0) is 10.1 Å². The van der Waals surface area contributed by atoms with E-state index in [1.165, 1.54) is 12.1 Å². The van der Waals surface area contributed by atoms with Crippen LogP contribution in [0.1, 0.15) is 0 Å². The summed E-state index contributed by atoms with van der Waals surface area (Å²) in [4.78, 5) is -0.392. The molecule has 0 amide bonds. The average molecular weight is 238 g/mol. The van der Waals surface area contributed by atoms with Crippen molar-refractivity contribution in [3.05, 3.63) is 30.3 Å². The minimum absolute atomic E-state index is 0.164. The number of benzene rings is 2. The quantitative estimate of drug-likeness (QED) is 0.583. The van der Waals surface area contributed by atoms with E-state index in [9.17, 15) is 13.5 Å². The topological polar surface area (TPSA) is 98.4 Å². The molecule has 2 rings (SSSR count). The summed E-state index contributed by atoms with van der Waals surface area (Å²) >= 11 is 0. The van der Waals surface area contributed by atoms with Crippen LogP contribution in [0, 0.1) is 0 Å². The van der Waals surface area contributed by atoms with Gasteiger partial charge in [0.2, 0.25) is 0 Å². The Morgan fingerprint density at radius 3 is 2.25 bits per heavy atom. The van der Waals surface area contributed by atoms with Gasteiger partial charge in [0, 0.05) is 16.8 Å². The molecule has 0 atom stereocenters. The Morgan fingerprint density at radius 2 is 1.69 bits per heavy atom. The first-order chi connectivity index (χ1) is 7.41. The second-order valence-corrected chi connectivity index (χ2v) is 4.68. The lowest BCUT2D eigenvalue weighted by Crippen LogP contribution is -1.99. The van der Waals surface area contributed by atoms with Crippen molar-refractivity contribution in [2.75, 3.05) is 0 Å². The Morgan fingerprint density at radius 1 is 1.12 bits per heavy atom. The van der Waals surface area contributed by atoms with Crippen molar-refractivity contribution in [3.8, 4) is 5.75 Å². The number of nitrogens with one attached hydrogen (secondary N) is 1. The Balaban J connectivity index is 3.02. The Labute approximate surface area is 91.9 Å². The van der Waals surface area contributed by atoms with E-state index in [4.69, 9.17) is 10.3 Å². The molecule has 6 heteroatoms. The lowest BCUT2D eigenvalue weighted by molar-refractivity contribution is 0.468. The summed E-state index contributed by atoms with van der Waals surface area (Å²) in [5.74, 6) is -0.480. The fourth-order valence-corrected chi connectivity index (χ4v) is 2.26. The molecular formula is C10H8NO4S. The van der Waals surface area contributed by atoms with Gasteiger partial charge in [0.1, 0.15) is 16.3 Å². The number of hydrogen-bond donors (Lipinski definition) is 2. The maximum atomic E-state index is 11.1. The normalized spacial score (nSPS) is 11.8. The summed E-state index contributed by atoms with van der Waals surface area (Å²) < 4.78 is 31.2. The van der Waals surface area contributed by atoms with Gasteiger partial charge in [-0.25, -0.2) is 0 Å². The van der Waals surface area contributed by atoms with Crippen molar-refractivity contribution in [1.82, 2.24) is 5.73 Å². The van der Waals surface area contributed by atoms with Crippen molar-refractivity contribution in [3.63, 3.8) is 0 Å². The van der Waals surface area contributed by atoms with E-state index in [-0.39, 0.29) is 16.5 Å². The lowest BCUT2D eigenvalue weighted by Gasteiger charge is -2.07. The van der Waals surface area contributed by atoms with E-state index in [0.717, 1.165) is 6.07 Å². The van der Waals surface area contributed by atoms with Crippen LogP contribution in [0.25, 0.3) is 10.8 Å². The van der Waals surface area contributed by atoms with E-state index in [2.05, 4.69) is 0 Å². The standard InChI is InChI=1S/C10H8NO4S/c11-10-7-4-2-1-3-6(7)9(5-8(10)12)16(13,14)15/h1-5,11-12H,(H,13,14,15). The second kappa shape index (κ2) is 3.36. The highest BCUT2D eigenvalue weighted by molar-refractivity contribution is 7.86. The number of fused-ring (bicyclic) bond motifs is 1. The van der Waals surface area contributed by atoms with Crippen molar-refractivity contribution in [2.24, 2.45) is 0 Å². The highest BCUT2D eigenvalue weighted by Crippen LogP contribution is 2.35. The predicted molar refractivity (Wildman–Crippen MR) is 58.2 cm³/mol. The van der Waals surface area contributed by atoms with E-state index in [0.29, 0.717) is 0 Å². The van der Waals surface area contributed by atoms with Gasteiger partial charge in [-0.2, -0.15) is 8.42 Å². The molecule has 0 aliphatic carbocycles. The molecule has 0 heterocycles. The van der Waals surface area contributed by atoms with Gasteiger partial charge in [-0.3, -0.25) is 10.3 Å². The van der Waals surface area contributed by atoms with Gasteiger partial charge in [-0.15, -0.1) is 0 Å². The maximum absolute atomic E-state index is 11.1. The van der Waals surface area contributed by atoms with Crippen LogP contribution in [0.2, 0.25) is 0 Å². The Bertz CT molecular complexity index is 664. The second-order valence-electron chi connectivity index (χ2n) is 3.29. The Kier molecular flexibility index (Phi) is 2.25. The first kappa shape index (κ1) is 10.7.